The van der Waals surface area contributed by atoms with Crippen molar-refractivity contribution < 1.29 is 24.2 Å². The normalized spacial score (nSPS) is 10.0. The van der Waals surface area contributed by atoms with Gasteiger partial charge in [0.25, 0.3) is 0 Å². The smallest absolute Gasteiger partial charge is 0.228 e. The molecule has 0 aromatic heterocycles. The Labute approximate surface area is 133 Å². The maximum atomic E-state index is 12.1. The molecule has 1 N–H and O–H groups in total. The third-order valence-corrected chi connectivity index (χ3v) is 3.23. The maximum absolute atomic E-state index is 12.1. The van der Waals surface area contributed by atoms with Crippen molar-refractivity contribution in [3.8, 4) is 11.5 Å². The van der Waals surface area contributed by atoms with Gasteiger partial charge in [0.15, 0.2) is 11.5 Å². The van der Waals surface area contributed by atoms with E-state index in [9.17, 15) is 14.7 Å². The molecule has 120 valence electrons. The van der Waals surface area contributed by atoms with Crippen molar-refractivity contribution in [3.63, 3.8) is 0 Å². The van der Waals surface area contributed by atoms with Crippen LogP contribution in [0.25, 0.3) is 0 Å². The number of ether oxygens (including phenoxy) is 2. The lowest BCUT2D eigenvalue weighted by Gasteiger charge is -2.12. The fourth-order valence-electron chi connectivity index (χ4n) is 2.14. The molecule has 23 heavy (non-hydrogen) atoms. The van der Waals surface area contributed by atoms with Crippen LogP contribution in [0.2, 0.25) is 0 Å². The van der Waals surface area contributed by atoms with Gasteiger partial charge in [0.05, 0.1) is 26.6 Å². The lowest BCUT2D eigenvalue weighted by atomic mass is 10.1. The number of nitrogens with one attached hydrogen (secondary N) is 1. The van der Waals surface area contributed by atoms with Crippen molar-refractivity contribution in [1.29, 1.82) is 0 Å². The topological polar surface area (TPSA) is 87.7 Å². The summed E-state index contributed by atoms with van der Waals surface area (Å²) in [5.41, 5.74) is 0.859. The third-order valence-electron chi connectivity index (χ3n) is 3.23. The Morgan fingerprint density at radius 3 is 2.39 bits per heavy atom. The van der Waals surface area contributed by atoms with Crippen molar-refractivity contribution in [2.24, 2.45) is 0 Å². The molecule has 0 saturated carbocycles. The lowest BCUT2D eigenvalue weighted by molar-refractivity contribution is -0.254. The van der Waals surface area contributed by atoms with Crippen molar-refractivity contribution >= 4 is 17.6 Å². The fourth-order valence-corrected chi connectivity index (χ4v) is 2.14. The summed E-state index contributed by atoms with van der Waals surface area (Å²) >= 11 is 0. The van der Waals surface area contributed by atoms with Crippen molar-refractivity contribution in [3.05, 3.63) is 53.6 Å². The Balaban J connectivity index is 2.13. The molecule has 6 nitrogen and oxygen atoms in total. The highest BCUT2D eigenvalue weighted by atomic mass is 16.5. The second-order valence-corrected chi connectivity index (χ2v) is 4.75. The third kappa shape index (κ3) is 4.00. The molecule has 0 saturated heterocycles. The van der Waals surface area contributed by atoms with Crippen LogP contribution in [0.5, 0.6) is 11.5 Å². The number of carbonyl (C=O) groups is 2. The van der Waals surface area contributed by atoms with Crippen LogP contribution in [0.15, 0.2) is 42.5 Å². The first-order chi connectivity index (χ1) is 11.0. The van der Waals surface area contributed by atoms with Gasteiger partial charge >= 0.3 is 0 Å². The Hall–Kier alpha value is -3.02. The van der Waals surface area contributed by atoms with Crippen LogP contribution in [0, 0.1) is 0 Å². The van der Waals surface area contributed by atoms with Gasteiger partial charge in [-0.15, -0.1) is 0 Å². The van der Waals surface area contributed by atoms with Gasteiger partial charge in [-0.05, 0) is 23.8 Å². The molecule has 2 aromatic rings. The van der Waals surface area contributed by atoms with Gasteiger partial charge in [-0.3, -0.25) is 4.79 Å². The van der Waals surface area contributed by atoms with Crippen LogP contribution in [-0.4, -0.2) is 26.1 Å². The van der Waals surface area contributed by atoms with E-state index < -0.39 is 5.97 Å². The summed E-state index contributed by atoms with van der Waals surface area (Å²) in [6.45, 7) is 0. The summed E-state index contributed by atoms with van der Waals surface area (Å²) in [7, 11) is 3.04. The van der Waals surface area contributed by atoms with Crippen molar-refractivity contribution in [1.82, 2.24) is 0 Å². The van der Waals surface area contributed by atoms with Crippen LogP contribution in [0.4, 0.5) is 5.69 Å². The Morgan fingerprint density at radius 1 is 1.04 bits per heavy atom. The molecule has 0 fully saturated rings. The van der Waals surface area contributed by atoms with Gasteiger partial charge in [0, 0.05) is 11.3 Å². The molecule has 6 heteroatoms. The minimum absolute atomic E-state index is 0.0619. The van der Waals surface area contributed by atoms with Gasteiger partial charge < -0.3 is 24.7 Å². The molecule has 0 atom stereocenters. The molecule has 0 bridgehead atoms. The number of methoxy groups -OCH3 is 2. The zero-order chi connectivity index (χ0) is 16.8. The Kier molecular flexibility index (Phi) is 5.19. The molecule has 0 aliphatic rings. The fraction of sp³-hybridized carbons (Fsp3) is 0.176. The minimum Gasteiger partial charge on any atom is -0.545 e. The number of carboxylic acids is 1. The first kappa shape index (κ1) is 16.4. The standard InChI is InChI=1S/C17H17NO5/c1-22-14-8-7-11(9-15(14)23-2)10-16(19)18-13-6-4-3-5-12(13)17(20)21/h3-9H,10H2,1-2H3,(H,18,19)(H,20,21)/p-1. The van der Waals surface area contributed by atoms with Gasteiger partial charge in [-0.2, -0.15) is 0 Å². The van der Waals surface area contributed by atoms with Gasteiger partial charge in [0.1, 0.15) is 0 Å². The van der Waals surface area contributed by atoms with E-state index in [4.69, 9.17) is 9.47 Å². The number of para-hydroxylation sites is 1. The Morgan fingerprint density at radius 2 is 1.74 bits per heavy atom. The number of amides is 1. The Bertz CT molecular complexity index is 727. The SMILES string of the molecule is COc1ccc(CC(=O)Nc2ccccc2C(=O)[O-])cc1OC. The zero-order valence-electron chi connectivity index (χ0n) is 12.8. The molecular formula is C17H16NO5-. The summed E-state index contributed by atoms with van der Waals surface area (Å²) in [6.07, 6.45) is 0.0712. The van der Waals surface area contributed by atoms with Gasteiger partial charge in [0.2, 0.25) is 5.91 Å². The predicted octanol–water partition coefficient (Wildman–Crippen LogP) is 1.25. The quantitative estimate of drug-likeness (QED) is 0.867. The van der Waals surface area contributed by atoms with Crippen LogP contribution < -0.4 is 19.9 Å². The highest BCUT2D eigenvalue weighted by molar-refractivity contribution is 6.00. The van der Waals surface area contributed by atoms with E-state index >= 15 is 0 Å². The van der Waals surface area contributed by atoms with Crippen LogP contribution in [0.1, 0.15) is 15.9 Å². The highest BCUT2D eigenvalue weighted by Crippen LogP contribution is 2.27. The summed E-state index contributed by atoms with van der Waals surface area (Å²) in [4.78, 5) is 23.1. The number of benzene rings is 2. The van der Waals surface area contributed by atoms with E-state index in [0.717, 1.165) is 0 Å². The molecule has 0 heterocycles. The maximum Gasteiger partial charge on any atom is 0.228 e. The lowest BCUT2D eigenvalue weighted by Crippen LogP contribution is -2.25. The van der Waals surface area contributed by atoms with E-state index in [1.165, 1.54) is 26.4 Å². The van der Waals surface area contributed by atoms with Crippen molar-refractivity contribution in [2.45, 2.75) is 6.42 Å². The van der Waals surface area contributed by atoms with E-state index in [0.29, 0.717) is 17.1 Å². The summed E-state index contributed by atoms with van der Waals surface area (Å²) in [5.74, 6) is -0.593. The molecule has 1 amide bonds. The monoisotopic (exact) mass is 314 g/mol. The molecule has 0 spiro atoms. The second kappa shape index (κ2) is 7.31. The molecule has 0 aliphatic heterocycles. The van der Waals surface area contributed by atoms with Crippen LogP contribution in [-0.2, 0) is 11.2 Å². The van der Waals surface area contributed by atoms with Crippen LogP contribution >= 0.6 is 0 Å². The molecule has 2 rings (SSSR count). The number of hydrogen-bond acceptors (Lipinski definition) is 5. The van der Waals surface area contributed by atoms with E-state index in [1.54, 1.807) is 30.3 Å². The second-order valence-electron chi connectivity index (χ2n) is 4.75. The summed E-state index contributed by atoms with van der Waals surface area (Å²) in [6, 6.07) is 11.2. The molecule has 0 unspecified atom stereocenters. The zero-order valence-corrected chi connectivity index (χ0v) is 12.8. The molecular weight excluding hydrogens is 298 g/mol. The van der Waals surface area contributed by atoms with Crippen molar-refractivity contribution in [2.75, 3.05) is 19.5 Å². The molecule has 2 aromatic carbocycles. The molecule has 0 radical (unpaired) electrons. The first-order valence-corrected chi connectivity index (χ1v) is 6.86. The van der Waals surface area contributed by atoms with Gasteiger partial charge in [-0.1, -0.05) is 24.3 Å². The van der Waals surface area contributed by atoms with Crippen LogP contribution in [0.3, 0.4) is 0 Å². The first-order valence-electron chi connectivity index (χ1n) is 6.86. The largest absolute Gasteiger partial charge is 0.545 e. The average Bonchev–Trinajstić information content (AvgIpc) is 2.54. The highest BCUT2D eigenvalue weighted by Gasteiger charge is 2.10. The summed E-state index contributed by atoms with van der Waals surface area (Å²) in [5, 5.41) is 13.6. The number of rotatable bonds is 6. The number of carboxylic acid groups (broad SMARTS) is 1. The number of anilines is 1. The van der Waals surface area contributed by atoms with E-state index in [-0.39, 0.29) is 23.6 Å². The summed E-state index contributed by atoms with van der Waals surface area (Å²) < 4.78 is 10.3. The van der Waals surface area contributed by atoms with Gasteiger partial charge in [-0.25, -0.2) is 0 Å². The number of carbonyl (C=O) groups excluding carboxylic acids is 2. The van der Waals surface area contributed by atoms with E-state index in [2.05, 4.69) is 5.32 Å². The average molecular weight is 314 g/mol. The number of aromatic carboxylic acids is 1. The predicted molar refractivity (Wildman–Crippen MR) is 82.7 cm³/mol. The molecule has 0 aliphatic carbocycles. The van der Waals surface area contributed by atoms with E-state index in [1.807, 2.05) is 0 Å². The number of hydrogen-bond donors (Lipinski definition) is 1. The minimum atomic E-state index is -1.34.